The van der Waals surface area contributed by atoms with E-state index in [9.17, 15) is 4.79 Å². The summed E-state index contributed by atoms with van der Waals surface area (Å²) in [4.78, 5) is 15.1. The highest BCUT2D eigenvalue weighted by atomic mass is 16.5. The summed E-state index contributed by atoms with van der Waals surface area (Å²) in [5, 5.41) is 3.69. The molecular weight excluding hydrogens is 354 g/mol. The van der Waals surface area contributed by atoms with Crippen LogP contribution in [0.3, 0.4) is 0 Å². The van der Waals surface area contributed by atoms with Gasteiger partial charge in [0.1, 0.15) is 5.75 Å². The van der Waals surface area contributed by atoms with Crippen LogP contribution in [-0.4, -0.2) is 44.7 Å². The molecule has 0 fully saturated rings. The van der Waals surface area contributed by atoms with Gasteiger partial charge >= 0.3 is 0 Å². The van der Waals surface area contributed by atoms with Crippen molar-refractivity contribution in [2.75, 3.05) is 28.4 Å². The first-order valence-corrected chi connectivity index (χ1v) is 9.16. The number of hydrogen-bond donors (Lipinski definition) is 0. The average molecular weight is 381 g/mol. The highest BCUT2D eigenvalue weighted by molar-refractivity contribution is 6.18. The zero-order valence-electron chi connectivity index (χ0n) is 17.5. The Balaban J connectivity index is 2.41. The van der Waals surface area contributed by atoms with Gasteiger partial charge in [-0.1, -0.05) is 6.07 Å². The third-order valence-corrected chi connectivity index (χ3v) is 5.21. The summed E-state index contributed by atoms with van der Waals surface area (Å²) in [6, 6.07) is 11.6. The largest absolute Gasteiger partial charge is 0.497 e. The van der Waals surface area contributed by atoms with Crippen molar-refractivity contribution in [3.63, 3.8) is 0 Å². The number of ether oxygens (including phenoxy) is 3. The van der Waals surface area contributed by atoms with Crippen LogP contribution in [0.25, 0.3) is 21.5 Å². The summed E-state index contributed by atoms with van der Waals surface area (Å²) < 4.78 is 16.4. The van der Waals surface area contributed by atoms with Crippen molar-refractivity contribution in [1.82, 2.24) is 4.90 Å². The monoisotopic (exact) mass is 381 g/mol. The van der Waals surface area contributed by atoms with E-state index in [4.69, 9.17) is 14.2 Å². The van der Waals surface area contributed by atoms with Crippen LogP contribution in [0.2, 0.25) is 0 Å². The van der Waals surface area contributed by atoms with Gasteiger partial charge in [-0.15, -0.1) is 0 Å². The second-order valence-corrected chi connectivity index (χ2v) is 7.80. The molecule has 0 saturated heterocycles. The zero-order valence-corrected chi connectivity index (χ0v) is 17.5. The molecule has 0 aliphatic heterocycles. The molecule has 0 N–H and O–H groups in total. The first kappa shape index (κ1) is 19.8. The third-order valence-electron chi connectivity index (χ3n) is 5.21. The van der Waals surface area contributed by atoms with Crippen molar-refractivity contribution in [3.05, 3.63) is 42.0 Å². The van der Waals surface area contributed by atoms with Crippen molar-refractivity contribution >= 4 is 27.5 Å². The maximum absolute atomic E-state index is 13.4. The molecule has 0 aliphatic carbocycles. The van der Waals surface area contributed by atoms with E-state index in [0.717, 1.165) is 27.3 Å². The van der Waals surface area contributed by atoms with Crippen molar-refractivity contribution in [2.45, 2.75) is 26.3 Å². The summed E-state index contributed by atoms with van der Waals surface area (Å²) in [6.07, 6.45) is 0. The van der Waals surface area contributed by atoms with Crippen molar-refractivity contribution in [1.29, 1.82) is 0 Å². The van der Waals surface area contributed by atoms with E-state index in [0.29, 0.717) is 17.1 Å². The van der Waals surface area contributed by atoms with Crippen LogP contribution in [0.15, 0.2) is 36.4 Å². The van der Waals surface area contributed by atoms with Gasteiger partial charge in [0.15, 0.2) is 11.5 Å². The maximum Gasteiger partial charge on any atom is 0.254 e. The quantitative estimate of drug-likeness (QED) is 0.604. The normalized spacial score (nSPS) is 11.5. The minimum absolute atomic E-state index is 0.0394. The van der Waals surface area contributed by atoms with Crippen molar-refractivity contribution < 1.29 is 19.0 Å². The molecule has 0 bridgehead atoms. The lowest BCUT2D eigenvalue weighted by atomic mass is 9.94. The number of benzene rings is 3. The Morgan fingerprint density at radius 1 is 0.821 bits per heavy atom. The Morgan fingerprint density at radius 3 is 1.96 bits per heavy atom. The van der Waals surface area contributed by atoms with E-state index in [-0.39, 0.29) is 11.4 Å². The Morgan fingerprint density at radius 2 is 1.43 bits per heavy atom. The lowest BCUT2D eigenvalue weighted by molar-refractivity contribution is 0.0658. The predicted octanol–water partition coefficient (Wildman–Crippen LogP) is 4.89. The van der Waals surface area contributed by atoms with Gasteiger partial charge in [0, 0.05) is 18.2 Å². The fraction of sp³-hybridized carbons (Fsp3) is 0.348. The Labute approximate surface area is 165 Å². The molecule has 148 valence electrons. The number of amides is 1. The van der Waals surface area contributed by atoms with E-state index >= 15 is 0 Å². The molecule has 0 radical (unpaired) electrons. The summed E-state index contributed by atoms with van der Waals surface area (Å²) in [5.41, 5.74) is 0.334. The standard InChI is InChI=1S/C23H27NO4/c1-23(2,3)24(4)22(25)19-10-14-8-9-15(26-5)11-16(14)17-12-20(27-6)21(28-7)13-18(17)19/h8-13H,1-7H3. The number of rotatable bonds is 4. The SMILES string of the molecule is COc1ccc2cc(C(=O)N(C)C(C)(C)C)c3cc(OC)c(OC)cc3c2c1. The van der Waals surface area contributed by atoms with Gasteiger partial charge in [-0.25, -0.2) is 0 Å². The summed E-state index contributed by atoms with van der Waals surface area (Å²) in [7, 11) is 6.67. The van der Waals surface area contributed by atoms with Gasteiger partial charge in [-0.05, 0) is 72.6 Å². The van der Waals surface area contributed by atoms with Gasteiger partial charge in [-0.3, -0.25) is 4.79 Å². The first-order valence-electron chi connectivity index (χ1n) is 9.16. The average Bonchev–Trinajstić information content (AvgIpc) is 2.69. The first-order chi connectivity index (χ1) is 13.2. The highest BCUT2D eigenvalue weighted by Gasteiger charge is 2.26. The molecule has 5 nitrogen and oxygen atoms in total. The fourth-order valence-electron chi connectivity index (χ4n) is 3.24. The number of carbonyl (C=O) groups excluding carboxylic acids is 1. The number of carbonyl (C=O) groups is 1. The van der Waals surface area contributed by atoms with E-state index in [1.165, 1.54) is 0 Å². The van der Waals surface area contributed by atoms with Gasteiger partial charge in [0.2, 0.25) is 0 Å². The molecule has 28 heavy (non-hydrogen) atoms. The topological polar surface area (TPSA) is 48.0 Å². The van der Waals surface area contributed by atoms with Gasteiger partial charge in [-0.2, -0.15) is 0 Å². The highest BCUT2D eigenvalue weighted by Crippen LogP contribution is 2.39. The van der Waals surface area contributed by atoms with Crippen LogP contribution in [-0.2, 0) is 0 Å². The van der Waals surface area contributed by atoms with E-state index < -0.39 is 0 Å². The zero-order chi connectivity index (χ0) is 20.6. The number of fused-ring (bicyclic) bond motifs is 3. The van der Waals surface area contributed by atoms with E-state index in [1.54, 1.807) is 26.2 Å². The molecule has 3 aromatic rings. The smallest absolute Gasteiger partial charge is 0.254 e. The molecule has 0 saturated carbocycles. The minimum Gasteiger partial charge on any atom is -0.497 e. The number of nitrogens with zero attached hydrogens (tertiary/aromatic N) is 1. The fourth-order valence-corrected chi connectivity index (χ4v) is 3.24. The molecule has 1 amide bonds. The molecule has 3 aromatic carbocycles. The Bertz CT molecular complexity index is 1050. The molecule has 0 atom stereocenters. The summed E-state index contributed by atoms with van der Waals surface area (Å²) in [6.45, 7) is 6.05. The number of methoxy groups -OCH3 is 3. The van der Waals surface area contributed by atoms with Crippen LogP contribution >= 0.6 is 0 Å². The van der Waals surface area contributed by atoms with Gasteiger partial charge in [0.05, 0.1) is 21.3 Å². The van der Waals surface area contributed by atoms with Gasteiger partial charge in [0.25, 0.3) is 5.91 Å². The van der Waals surface area contributed by atoms with Crippen LogP contribution in [0.5, 0.6) is 17.2 Å². The Kier molecular flexibility index (Phi) is 5.11. The van der Waals surface area contributed by atoms with Gasteiger partial charge < -0.3 is 19.1 Å². The van der Waals surface area contributed by atoms with Crippen LogP contribution < -0.4 is 14.2 Å². The van der Waals surface area contributed by atoms with Crippen molar-refractivity contribution in [2.24, 2.45) is 0 Å². The molecule has 0 spiro atoms. The van der Waals surface area contributed by atoms with Crippen LogP contribution in [0, 0.1) is 0 Å². The molecule has 0 unspecified atom stereocenters. The van der Waals surface area contributed by atoms with Crippen molar-refractivity contribution in [3.8, 4) is 17.2 Å². The molecule has 3 rings (SSSR count). The molecule has 0 aliphatic rings. The van der Waals surface area contributed by atoms with Crippen LogP contribution in [0.4, 0.5) is 0 Å². The lowest BCUT2D eigenvalue weighted by Gasteiger charge is -2.32. The third kappa shape index (κ3) is 3.33. The summed E-state index contributed by atoms with van der Waals surface area (Å²) >= 11 is 0. The van der Waals surface area contributed by atoms with Crippen LogP contribution in [0.1, 0.15) is 31.1 Å². The maximum atomic E-state index is 13.4. The lowest BCUT2D eigenvalue weighted by Crippen LogP contribution is -2.42. The number of hydrogen-bond acceptors (Lipinski definition) is 4. The Hall–Kier alpha value is -2.95. The molecule has 0 aromatic heterocycles. The predicted molar refractivity (Wildman–Crippen MR) is 113 cm³/mol. The second kappa shape index (κ2) is 7.23. The summed E-state index contributed by atoms with van der Waals surface area (Å²) in [5.74, 6) is 1.93. The molecule has 0 heterocycles. The molecule has 5 heteroatoms. The van der Waals surface area contributed by atoms with E-state index in [1.807, 2.05) is 64.2 Å². The molecular formula is C23H27NO4. The minimum atomic E-state index is -0.297. The van der Waals surface area contributed by atoms with E-state index in [2.05, 4.69) is 0 Å². The second-order valence-electron chi connectivity index (χ2n) is 7.80.